The summed E-state index contributed by atoms with van der Waals surface area (Å²) in [6, 6.07) is -0.360. The average Bonchev–Trinajstić information content (AvgIpc) is 2.39. The van der Waals surface area contributed by atoms with Crippen LogP contribution >= 0.6 is 0 Å². The molecule has 0 aliphatic carbocycles. The van der Waals surface area contributed by atoms with Crippen LogP contribution in [-0.2, 0) is 9.53 Å². The van der Waals surface area contributed by atoms with Gasteiger partial charge in [-0.05, 0) is 6.42 Å². The molecule has 5 nitrogen and oxygen atoms in total. The van der Waals surface area contributed by atoms with Gasteiger partial charge in [0.25, 0.3) is 0 Å². The summed E-state index contributed by atoms with van der Waals surface area (Å²) in [5.41, 5.74) is 0. The van der Waals surface area contributed by atoms with Gasteiger partial charge in [0.15, 0.2) is 0 Å². The van der Waals surface area contributed by atoms with Crippen LogP contribution in [0.4, 0.5) is 4.79 Å². The van der Waals surface area contributed by atoms with Crippen LogP contribution in [0, 0.1) is 0 Å². The number of unbranched alkanes of at least 4 members (excludes halogenated alkanes) is 1. The molecule has 0 saturated carbocycles. The van der Waals surface area contributed by atoms with Crippen LogP contribution in [0.5, 0.6) is 0 Å². The molecule has 1 aliphatic rings. The van der Waals surface area contributed by atoms with Crippen molar-refractivity contribution in [3.63, 3.8) is 0 Å². The molecule has 3 amide bonds. The van der Waals surface area contributed by atoms with Gasteiger partial charge in [0, 0.05) is 6.61 Å². The standard InChI is InChI=1S/C8H14N2O3/c1-2-3-4-13-6-10-5-7(11)9-8(10)12/h2-6H2,1H3,(H,9,11,12). The molecule has 0 aromatic rings. The molecular formula is C8H14N2O3. The number of carbonyl (C=O) groups is 2. The van der Waals surface area contributed by atoms with Crippen molar-refractivity contribution in [1.29, 1.82) is 0 Å². The summed E-state index contributed by atoms with van der Waals surface area (Å²) in [4.78, 5) is 23.0. The van der Waals surface area contributed by atoms with Crippen molar-refractivity contribution in [2.24, 2.45) is 0 Å². The highest BCUT2D eigenvalue weighted by molar-refractivity contribution is 6.01. The van der Waals surface area contributed by atoms with Gasteiger partial charge in [-0.1, -0.05) is 13.3 Å². The number of ether oxygens (including phenoxy) is 1. The Kier molecular flexibility index (Phi) is 3.70. The maximum atomic E-state index is 11.0. The van der Waals surface area contributed by atoms with Crippen molar-refractivity contribution in [3.8, 4) is 0 Å². The number of nitrogens with one attached hydrogen (secondary N) is 1. The van der Waals surface area contributed by atoms with Crippen molar-refractivity contribution >= 4 is 11.9 Å². The third kappa shape index (κ3) is 3.02. The zero-order chi connectivity index (χ0) is 9.68. The van der Waals surface area contributed by atoms with Gasteiger partial charge in [0.2, 0.25) is 5.91 Å². The Labute approximate surface area is 77.0 Å². The first-order chi connectivity index (χ1) is 6.24. The largest absolute Gasteiger partial charge is 0.361 e. The van der Waals surface area contributed by atoms with Crippen molar-refractivity contribution in [3.05, 3.63) is 0 Å². The fraction of sp³-hybridized carbons (Fsp3) is 0.750. The first kappa shape index (κ1) is 9.98. The van der Waals surface area contributed by atoms with E-state index in [0.717, 1.165) is 12.8 Å². The van der Waals surface area contributed by atoms with E-state index in [0.29, 0.717) is 6.61 Å². The fourth-order valence-electron chi connectivity index (χ4n) is 1.01. The Morgan fingerprint density at radius 2 is 2.31 bits per heavy atom. The Morgan fingerprint density at radius 1 is 1.54 bits per heavy atom. The number of imide groups is 1. The molecule has 1 fully saturated rings. The van der Waals surface area contributed by atoms with E-state index in [-0.39, 0.29) is 25.2 Å². The Balaban J connectivity index is 2.14. The lowest BCUT2D eigenvalue weighted by atomic mass is 10.4. The maximum absolute atomic E-state index is 11.0. The molecule has 0 spiro atoms. The van der Waals surface area contributed by atoms with Crippen LogP contribution in [0.25, 0.3) is 0 Å². The number of amides is 3. The smallest absolute Gasteiger partial charge is 0.326 e. The summed E-state index contributed by atoms with van der Waals surface area (Å²) in [6.45, 7) is 3.02. The molecule has 74 valence electrons. The topological polar surface area (TPSA) is 58.6 Å². The van der Waals surface area contributed by atoms with Gasteiger partial charge in [0.1, 0.15) is 13.3 Å². The third-order valence-electron chi connectivity index (χ3n) is 1.76. The number of carbonyl (C=O) groups excluding carboxylic acids is 2. The third-order valence-corrected chi connectivity index (χ3v) is 1.76. The van der Waals surface area contributed by atoms with Gasteiger partial charge >= 0.3 is 6.03 Å². The second-order valence-electron chi connectivity index (χ2n) is 2.94. The number of hydrogen-bond acceptors (Lipinski definition) is 3. The van der Waals surface area contributed by atoms with E-state index in [2.05, 4.69) is 12.2 Å². The van der Waals surface area contributed by atoms with Crippen LogP contribution < -0.4 is 5.32 Å². The van der Waals surface area contributed by atoms with Crippen molar-refractivity contribution in [2.75, 3.05) is 19.9 Å². The minimum absolute atomic E-state index is 0.116. The average molecular weight is 186 g/mol. The normalized spacial score (nSPS) is 16.5. The number of urea groups is 1. The molecule has 1 rings (SSSR count). The maximum Gasteiger partial charge on any atom is 0.326 e. The highest BCUT2D eigenvalue weighted by Gasteiger charge is 2.26. The lowest BCUT2D eigenvalue weighted by Gasteiger charge is -2.12. The molecule has 0 bridgehead atoms. The molecule has 0 radical (unpaired) electrons. The fourth-order valence-corrected chi connectivity index (χ4v) is 1.01. The van der Waals surface area contributed by atoms with E-state index in [1.807, 2.05) is 0 Å². The summed E-state index contributed by atoms with van der Waals surface area (Å²) < 4.78 is 5.19. The van der Waals surface area contributed by atoms with E-state index >= 15 is 0 Å². The summed E-state index contributed by atoms with van der Waals surface area (Å²) in [5.74, 6) is -0.260. The highest BCUT2D eigenvalue weighted by Crippen LogP contribution is 1.98. The summed E-state index contributed by atoms with van der Waals surface area (Å²) in [6.07, 6.45) is 2.04. The molecule has 1 heterocycles. The molecule has 0 aromatic carbocycles. The number of hydrogen-bond donors (Lipinski definition) is 1. The van der Waals surface area contributed by atoms with Crippen LogP contribution in [0.1, 0.15) is 19.8 Å². The van der Waals surface area contributed by atoms with E-state index in [1.165, 1.54) is 4.90 Å². The Bertz CT molecular complexity index is 206. The molecule has 1 saturated heterocycles. The summed E-state index contributed by atoms with van der Waals surface area (Å²) in [7, 11) is 0. The molecular weight excluding hydrogens is 172 g/mol. The minimum atomic E-state index is -0.360. The van der Waals surface area contributed by atoms with Crippen LogP contribution in [-0.4, -0.2) is 36.7 Å². The zero-order valence-electron chi connectivity index (χ0n) is 7.71. The van der Waals surface area contributed by atoms with Crippen LogP contribution in [0.15, 0.2) is 0 Å². The lowest BCUT2D eigenvalue weighted by molar-refractivity contribution is -0.118. The molecule has 13 heavy (non-hydrogen) atoms. The minimum Gasteiger partial charge on any atom is -0.361 e. The second-order valence-corrected chi connectivity index (χ2v) is 2.94. The zero-order valence-corrected chi connectivity index (χ0v) is 7.71. The Hall–Kier alpha value is -1.10. The molecule has 1 aliphatic heterocycles. The van der Waals surface area contributed by atoms with Gasteiger partial charge in [0.05, 0.1) is 0 Å². The van der Waals surface area contributed by atoms with Gasteiger partial charge in [-0.25, -0.2) is 4.79 Å². The van der Waals surface area contributed by atoms with Crippen LogP contribution in [0.2, 0.25) is 0 Å². The van der Waals surface area contributed by atoms with E-state index in [1.54, 1.807) is 0 Å². The van der Waals surface area contributed by atoms with Crippen molar-refractivity contribution in [1.82, 2.24) is 10.2 Å². The van der Waals surface area contributed by atoms with E-state index in [9.17, 15) is 9.59 Å². The van der Waals surface area contributed by atoms with Crippen LogP contribution in [0.3, 0.4) is 0 Å². The monoisotopic (exact) mass is 186 g/mol. The predicted octanol–water partition coefficient (Wildman–Crippen LogP) is 0.312. The van der Waals surface area contributed by atoms with Gasteiger partial charge in [-0.15, -0.1) is 0 Å². The first-order valence-electron chi connectivity index (χ1n) is 4.40. The quantitative estimate of drug-likeness (QED) is 0.496. The summed E-state index contributed by atoms with van der Waals surface area (Å²) >= 11 is 0. The molecule has 5 heteroatoms. The van der Waals surface area contributed by atoms with Gasteiger partial charge in [-0.3, -0.25) is 15.0 Å². The second kappa shape index (κ2) is 4.81. The van der Waals surface area contributed by atoms with Crippen molar-refractivity contribution in [2.45, 2.75) is 19.8 Å². The molecule has 0 atom stereocenters. The highest BCUT2D eigenvalue weighted by atomic mass is 16.5. The molecule has 1 N–H and O–H groups in total. The number of nitrogens with zero attached hydrogens (tertiary/aromatic N) is 1. The summed E-state index contributed by atoms with van der Waals surface area (Å²) in [5, 5.41) is 2.18. The lowest BCUT2D eigenvalue weighted by Crippen LogP contribution is -2.30. The Morgan fingerprint density at radius 3 is 2.85 bits per heavy atom. The predicted molar refractivity (Wildman–Crippen MR) is 46.0 cm³/mol. The van der Waals surface area contributed by atoms with E-state index in [4.69, 9.17) is 4.74 Å². The SMILES string of the molecule is CCCCOCN1CC(=O)NC1=O. The van der Waals surface area contributed by atoms with Gasteiger partial charge < -0.3 is 4.74 Å². The number of rotatable bonds is 5. The first-order valence-corrected chi connectivity index (χ1v) is 4.40. The van der Waals surface area contributed by atoms with Gasteiger partial charge in [-0.2, -0.15) is 0 Å². The molecule has 0 unspecified atom stereocenters. The van der Waals surface area contributed by atoms with E-state index < -0.39 is 0 Å². The van der Waals surface area contributed by atoms with Crippen molar-refractivity contribution < 1.29 is 14.3 Å². The molecule has 0 aromatic heterocycles.